The second-order valence-corrected chi connectivity index (χ2v) is 7.66. The molecule has 0 amide bonds. The van der Waals surface area contributed by atoms with Crippen LogP contribution in [0.25, 0.3) is 10.9 Å². The molecule has 7 nitrogen and oxygen atoms in total. The van der Waals surface area contributed by atoms with E-state index in [1.54, 1.807) is 0 Å². The van der Waals surface area contributed by atoms with E-state index in [-0.39, 0.29) is 0 Å². The summed E-state index contributed by atoms with van der Waals surface area (Å²) >= 11 is 0. The molecule has 158 valence electrons. The zero-order valence-corrected chi connectivity index (χ0v) is 17.8. The number of anilines is 1. The number of aliphatic imine (C=N–C) groups is 1. The quantitative estimate of drug-likeness (QED) is 0.360. The molecule has 2 heterocycles. The van der Waals surface area contributed by atoms with Gasteiger partial charge in [0.15, 0.2) is 5.96 Å². The first-order valence-electron chi connectivity index (χ1n) is 10.5. The fourth-order valence-corrected chi connectivity index (χ4v) is 3.65. The van der Waals surface area contributed by atoms with Gasteiger partial charge in [-0.3, -0.25) is 9.89 Å². The second kappa shape index (κ2) is 11.0. The van der Waals surface area contributed by atoms with E-state index in [4.69, 9.17) is 4.74 Å². The van der Waals surface area contributed by atoms with Crippen molar-refractivity contribution in [2.75, 3.05) is 58.3 Å². The van der Waals surface area contributed by atoms with Crippen LogP contribution in [0.4, 0.5) is 5.82 Å². The summed E-state index contributed by atoms with van der Waals surface area (Å²) in [6, 6.07) is 12.7. The van der Waals surface area contributed by atoms with Crippen molar-refractivity contribution >= 4 is 22.7 Å². The summed E-state index contributed by atoms with van der Waals surface area (Å²) in [5.41, 5.74) is 1.01. The highest BCUT2D eigenvalue weighted by Crippen LogP contribution is 2.14. The van der Waals surface area contributed by atoms with E-state index in [9.17, 15) is 0 Å². The molecule has 0 bridgehead atoms. The molecular formula is C22H34N6O. The molecule has 3 rings (SSSR count). The van der Waals surface area contributed by atoms with Gasteiger partial charge in [-0.05, 0) is 24.1 Å². The van der Waals surface area contributed by atoms with Crippen LogP contribution in [0.2, 0.25) is 0 Å². The fraction of sp³-hybridized carbons (Fsp3) is 0.545. The average Bonchev–Trinajstić information content (AvgIpc) is 2.75. The molecule has 1 saturated heterocycles. The number of pyridine rings is 1. The van der Waals surface area contributed by atoms with E-state index in [2.05, 4.69) is 56.8 Å². The van der Waals surface area contributed by atoms with Gasteiger partial charge in [-0.15, -0.1) is 0 Å². The van der Waals surface area contributed by atoms with Gasteiger partial charge in [-0.1, -0.05) is 32.0 Å². The number of benzene rings is 1. The minimum atomic E-state index is 0.470. The maximum absolute atomic E-state index is 5.49. The summed E-state index contributed by atoms with van der Waals surface area (Å²) in [4.78, 5) is 11.5. The number of guanidine groups is 1. The second-order valence-electron chi connectivity index (χ2n) is 7.66. The normalized spacial score (nSPS) is 16.8. The Morgan fingerprint density at radius 3 is 2.66 bits per heavy atom. The molecule has 1 atom stereocenters. The van der Waals surface area contributed by atoms with E-state index in [1.807, 2.05) is 31.3 Å². The van der Waals surface area contributed by atoms with Gasteiger partial charge in [0.05, 0.1) is 18.7 Å². The first-order valence-corrected chi connectivity index (χ1v) is 10.5. The molecule has 0 radical (unpaired) electrons. The van der Waals surface area contributed by atoms with Gasteiger partial charge in [-0.25, -0.2) is 4.98 Å². The summed E-state index contributed by atoms with van der Waals surface area (Å²) in [6.45, 7) is 10.6. The van der Waals surface area contributed by atoms with Crippen LogP contribution in [0.3, 0.4) is 0 Å². The molecule has 1 aromatic heterocycles. The topological polar surface area (TPSA) is 73.8 Å². The molecule has 2 aromatic rings. The Bertz CT molecular complexity index is 788. The molecule has 3 N–H and O–H groups in total. The molecule has 0 aliphatic carbocycles. The SMILES string of the molecule is CN=C(NCCNc1ccc2ccccc2n1)NCC(C(C)C)N1CCOCC1. The molecule has 0 spiro atoms. The molecule has 7 heteroatoms. The monoisotopic (exact) mass is 398 g/mol. The standard InChI is InChI=1S/C22H34N6O/c1-17(2)20(28-12-14-29-15-13-28)16-26-22(23-3)25-11-10-24-21-9-8-18-6-4-5-7-19(18)27-21/h4-9,17,20H,10-16H2,1-3H3,(H,24,27)(H2,23,25,26). The van der Waals surface area contributed by atoms with Crippen LogP contribution in [-0.2, 0) is 4.74 Å². The molecule has 29 heavy (non-hydrogen) atoms. The summed E-state index contributed by atoms with van der Waals surface area (Å²) in [7, 11) is 1.81. The van der Waals surface area contributed by atoms with Crippen LogP contribution in [0.15, 0.2) is 41.4 Å². The minimum Gasteiger partial charge on any atom is -0.379 e. The maximum Gasteiger partial charge on any atom is 0.191 e. The number of nitrogens with one attached hydrogen (secondary N) is 3. The number of hydrogen-bond donors (Lipinski definition) is 3. The van der Waals surface area contributed by atoms with Crippen molar-refractivity contribution in [1.29, 1.82) is 0 Å². The van der Waals surface area contributed by atoms with Gasteiger partial charge < -0.3 is 20.7 Å². The van der Waals surface area contributed by atoms with Crippen molar-refractivity contribution in [2.45, 2.75) is 19.9 Å². The maximum atomic E-state index is 5.49. The molecule has 0 saturated carbocycles. The average molecular weight is 399 g/mol. The van der Waals surface area contributed by atoms with Crippen LogP contribution in [0.1, 0.15) is 13.8 Å². The molecule has 1 aromatic carbocycles. The van der Waals surface area contributed by atoms with Crippen LogP contribution >= 0.6 is 0 Å². The molecule has 1 aliphatic rings. The Morgan fingerprint density at radius 2 is 1.90 bits per heavy atom. The lowest BCUT2D eigenvalue weighted by atomic mass is 10.0. The number of aromatic nitrogens is 1. The van der Waals surface area contributed by atoms with Crippen molar-refractivity contribution < 1.29 is 4.74 Å². The van der Waals surface area contributed by atoms with Crippen molar-refractivity contribution in [3.63, 3.8) is 0 Å². The Kier molecular flexibility index (Phi) is 8.07. The van der Waals surface area contributed by atoms with Gasteiger partial charge in [0.2, 0.25) is 0 Å². The smallest absolute Gasteiger partial charge is 0.191 e. The summed E-state index contributed by atoms with van der Waals surface area (Å²) in [5, 5.41) is 11.4. The summed E-state index contributed by atoms with van der Waals surface area (Å²) in [5.74, 6) is 2.29. The number of hydrogen-bond acceptors (Lipinski definition) is 5. The zero-order chi connectivity index (χ0) is 20.5. The van der Waals surface area contributed by atoms with Crippen LogP contribution in [-0.4, -0.2) is 74.9 Å². The highest BCUT2D eigenvalue weighted by Gasteiger charge is 2.23. The lowest BCUT2D eigenvalue weighted by molar-refractivity contribution is 0.00752. The van der Waals surface area contributed by atoms with Crippen molar-refractivity contribution in [3.8, 4) is 0 Å². The van der Waals surface area contributed by atoms with Crippen molar-refractivity contribution in [2.24, 2.45) is 10.9 Å². The van der Waals surface area contributed by atoms with Crippen LogP contribution in [0, 0.1) is 5.92 Å². The number of rotatable bonds is 8. The fourth-order valence-electron chi connectivity index (χ4n) is 3.65. The van der Waals surface area contributed by atoms with Gasteiger partial charge >= 0.3 is 0 Å². The number of fused-ring (bicyclic) bond motifs is 1. The Morgan fingerprint density at radius 1 is 1.10 bits per heavy atom. The van der Waals surface area contributed by atoms with Crippen molar-refractivity contribution in [3.05, 3.63) is 36.4 Å². The molecular weight excluding hydrogens is 364 g/mol. The highest BCUT2D eigenvalue weighted by atomic mass is 16.5. The first kappa shape index (κ1) is 21.3. The van der Waals surface area contributed by atoms with Crippen LogP contribution in [0.5, 0.6) is 0 Å². The Hall–Kier alpha value is -2.38. The number of para-hydroxylation sites is 1. The van der Waals surface area contributed by atoms with Gasteiger partial charge in [0, 0.05) is 51.2 Å². The number of ether oxygens (including phenoxy) is 1. The molecule has 1 fully saturated rings. The lowest BCUT2D eigenvalue weighted by Gasteiger charge is -2.37. The largest absolute Gasteiger partial charge is 0.379 e. The van der Waals surface area contributed by atoms with E-state index in [0.717, 1.165) is 68.6 Å². The minimum absolute atomic E-state index is 0.470. The van der Waals surface area contributed by atoms with Gasteiger partial charge in [-0.2, -0.15) is 0 Å². The zero-order valence-electron chi connectivity index (χ0n) is 17.8. The Balaban J connectivity index is 1.42. The Labute approximate surface area is 173 Å². The number of morpholine rings is 1. The van der Waals surface area contributed by atoms with E-state index in [1.165, 1.54) is 0 Å². The summed E-state index contributed by atoms with van der Waals surface area (Å²) in [6.07, 6.45) is 0. The highest BCUT2D eigenvalue weighted by molar-refractivity contribution is 5.80. The van der Waals surface area contributed by atoms with Crippen LogP contribution < -0.4 is 16.0 Å². The third-order valence-electron chi connectivity index (χ3n) is 5.31. The number of nitrogens with zero attached hydrogens (tertiary/aromatic N) is 3. The van der Waals surface area contributed by atoms with E-state index < -0.39 is 0 Å². The molecule has 1 aliphatic heterocycles. The van der Waals surface area contributed by atoms with Crippen molar-refractivity contribution in [1.82, 2.24) is 20.5 Å². The van der Waals surface area contributed by atoms with E-state index >= 15 is 0 Å². The predicted octanol–water partition coefficient (Wildman–Crippen LogP) is 2.17. The van der Waals surface area contributed by atoms with Gasteiger partial charge in [0.25, 0.3) is 0 Å². The predicted molar refractivity (Wildman–Crippen MR) is 121 cm³/mol. The lowest BCUT2D eigenvalue weighted by Crippen LogP contribution is -2.52. The third kappa shape index (κ3) is 6.30. The first-order chi connectivity index (χ1) is 14.2. The third-order valence-corrected chi connectivity index (χ3v) is 5.31. The van der Waals surface area contributed by atoms with E-state index in [0.29, 0.717) is 12.0 Å². The molecule has 1 unspecified atom stereocenters. The van der Waals surface area contributed by atoms with Gasteiger partial charge in [0.1, 0.15) is 5.82 Å². The summed E-state index contributed by atoms with van der Waals surface area (Å²) < 4.78 is 5.49.